The predicted molar refractivity (Wildman–Crippen MR) is 139 cm³/mol. The van der Waals surface area contributed by atoms with Crippen LogP contribution in [0.1, 0.15) is 70.1 Å². The molecule has 4 heteroatoms. The van der Waals surface area contributed by atoms with Crippen molar-refractivity contribution in [2.75, 3.05) is 31.1 Å². The lowest BCUT2D eigenvalue weighted by Crippen LogP contribution is -2.35. The molecule has 3 rings (SSSR count). The van der Waals surface area contributed by atoms with Crippen molar-refractivity contribution in [3.63, 3.8) is 0 Å². The molecular weight excluding hydrogens is 404 g/mol. The maximum atomic E-state index is 4.72. The fourth-order valence-electron chi connectivity index (χ4n) is 4.59. The summed E-state index contributed by atoms with van der Waals surface area (Å²) in [7, 11) is 0. The Morgan fingerprint density at radius 2 is 1.73 bits per heavy atom. The summed E-state index contributed by atoms with van der Waals surface area (Å²) in [6.07, 6.45) is 2.62. The average Bonchev–Trinajstić information content (AvgIpc) is 2.73. The maximum Gasteiger partial charge on any atom is 0.132 e. The number of hydrogen-bond donors (Lipinski definition) is 0. The first kappa shape index (κ1) is 25.2. The Balaban J connectivity index is 1.62. The van der Waals surface area contributed by atoms with Crippen LogP contribution in [0.5, 0.6) is 0 Å². The topological polar surface area (TPSA) is 32.3 Å². The summed E-state index contributed by atoms with van der Waals surface area (Å²) in [5, 5.41) is 0. The van der Waals surface area contributed by atoms with Crippen LogP contribution < -0.4 is 4.90 Å². The SMILES string of the molecule is Cc1cc(N(Cc2ccc(C#CCN3CCC(C(C)C)CC3)cc2)CC(C)(C)C)nc(C)n1. The summed E-state index contributed by atoms with van der Waals surface area (Å²) in [6, 6.07) is 10.8. The van der Waals surface area contributed by atoms with Gasteiger partial charge in [-0.05, 0) is 74.7 Å². The van der Waals surface area contributed by atoms with Crippen LogP contribution in [0, 0.1) is 42.9 Å². The highest BCUT2D eigenvalue weighted by Crippen LogP contribution is 2.24. The molecule has 178 valence electrons. The molecule has 0 radical (unpaired) electrons. The molecule has 0 amide bonds. The van der Waals surface area contributed by atoms with Crippen LogP contribution in [-0.4, -0.2) is 41.0 Å². The molecule has 1 saturated heterocycles. The van der Waals surface area contributed by atoms with Crippen molar-refractivity contribution in [1.82, 2.24) is 14.9 Å². The van der Waals surface area contributed by atoms with E-state index in [0.717, 1.165) is 54.4 Å². The number of benzene rings is 1. The van der Waals surface area contributed by atoms with E-state index in [1.54, 1.807) is 0 Å². The van der Waals surface area contributed by atoms with Gasteiger partial charge in [0, 0.05) is 30.4 Å². The number of hydrogen-bond acceptors (Lipinski definition) is 4. The zero-order chi connectivity index (χ0) is 24.0. The van der Waals surface area contributed by atoms with Gasteiger partial charge in [-0.2, -0.15) is 0 Å². The zero-order valence-corrected chi connectivity index (χ0v) is 21.8. The quantitative estimate of drug-likeness (QED) is 0.520. The minimum atomic E-state index is 0.168. The van der Waals surface area contributed by atoms with Crippen molar-refractivity contribution in [3.8, 4) is 11.8 Å². The number of piperidine rings is 1. The third-order valence-electron chi connectivity index (χ3n) is 6.38. The summed E-state index contributed by atoms with van der Waals surface area (Å²) in [4.78, 5) is 14.0. The molecule has 0 aliphatic carbocycles. The Labute approximate surface area is 201 Å². The lowest BCUT2D eigenvalue weighted by Gasteiger charge is -2.32. The Morgan fingerprint density at radius 3 is 2.30 bits per heavy atom. The summed E-state index contributed by atoms with van der Waals surface area (Å²) in [5.74, 6) is 10.3. The highest BCUT2D eigenvalue weighted by molar-refractivity contribution is 5.43. The first-order valence-electron chi connectivity index (χ1n) is 12.5. The van der Waals surface area contributed by atoms with E-state index in [4.69, 9.17) is 4.98 Å². The molecule has 1 aliphatic rings. The van der Waals surface area contributed by atoms with Crippen LogP contribution >= 0.6 is 0 Å². The van der Waals surface area contributed by atoms with Gasteiger partial charge in [-0.15, -0.1) is 0 Å². The van der Waals surface area contributed by atoms with Crippen molar-refractivity contribution in [2.45, 2.75) is 67.9 Å². The minimum absolute atomic E-state index is 0.168. The smallest absolute Gasteiger partial charge is 0.132 e. The number of nitrogens with zero attached hydrogens (tertiary/aromatic N) is 4. The van der Waals surface area contributed by atoms with Crippen molar-refractivity contribution in [2.24, 2.45) is 17.3 Å². The lowest BCUT2D eigenvalue weighted by molar-refractivity contribution is 0.173. The molecule has 1 aromatic carbocycles. The van der Waals surface area contributed by atoms with E-state index in [0.29, 0.717) is 0 Å². The molecule has 2 heterocycles. The fourth-order valence-corrected chi connectivity index (χ4v) is 4.59. The van der Waals surface area contributed by atoms with E-state index in [9.17, 15) is 0 Å². The molecule has 1 aromatic heterocycles. The van der Waals surface area contributed by atoms with Crippen molar-refractivity contribution in [1.29, 1.82) is 0 Å². The van der Waals surface area contributed by atoms with E-state index in [2.05, 4.69) is 91.6 Å². The summed E-state index contributed by atoms with van der Waals surface area (Å²) >= 11 is 0. The molecule has 0 N–H and O–H groups in total. The zero-order valence-electron chi connectivity index (χ0n) is 21.8. The van der Waals surface area contributed by atoms with Gasteiger partial charge in [0.1, 0.15) is 11.6 Å². The second kappa shape index (κ2) is 11.2. The van der Waals surface area contributed by atoms with Gasteiger partial charge in [-0.25, -0.2) is 9.97 Å². The molecule has 2 aromatic rings. The van der Waals surface area contributed by atoms with Gasteiger partial charge in [-0.1, -0.05) is 58.6 Å². The summed E-state index contributed by atoms with van der Waals surface area (Å²) in [5.41, 5.74) is 3.54. The van der Waals surface area contributed by atoms with E-state index in [-0.39, 0.29) is 5.41 Å². The Bertz CT molecular complexity index is 932. The number of aryl methyl sites for hydroxylation is 2. The van der Waals surface area contributed by atoms with Gasteiger partial charge in [-0.3, -0.25) is 4.90 Å². The van der Waals surface area contributed by atoms with Crippen LogP contribution in [0.25, 0.3) is 0 Å². The average molecular weight is 447 g/mol. The van der Waals surface area contributed by atoms with Crippen LogP contribution in [0.4, 0.5) is 5.82 Å². The van der Waals surface area contributed by atoms with Gasteiger partial charge in [0.25, 0.3) is 0 Å². The number of anilines is 1. The Morgan fingerprint density at radius 1 is 1.06 bits per heavy atom. The van der Waals surface area contributed by atoms with Crippen LogP contribution in [0.2, 0.25) is 0 Å². The molecule has 1 fully saturated rings. The molecule has 4 nitrogen and oxygen atoms in total. The number of likely N-dealkylation sites (tertiary alicyclic amines) is 1. The van der Waals surface area contributed by atoms with E-state index in [1.807, 2.05) is 13.8 Å². The minimum Gasteiger partial charge on any atom is -0.352 e. The van der Waals surface area contributed by atoms with Crippen LogP contribution in [0.3, 0.4) is 0 Å². The summed E-state index contributed by atoms with van der Waals surface area (Å²) in [6.45, 7) is 20.5. The molecule has 33 heavy (non-hydrogen) atoms. The van der Waals surface area contributed by atoms with Crippen LogP contribution in [0.15, 0.2) is 30.3 Å². The second-order valence-electron chi connectivity index (χ2n) is 11.2. The Hall–Kier alpha value is -2.38. The van der Waals surface area contributed by atoms with Crippen molar-refractivity contribution in [3.05, 3.63) is 53.0 Å². The Kier molecular flexibility index (Phi) is 8.54. The predicted octanol–water partition coefficient (Wildman–Crippen LogP) is 5.87. The van der Waals surface area contributed by atoms with E-state index in [1.165, 1.54) is 31.5 Å². The van der Waals surface area contributed by atoms with Gasteiger partial charge < -0.3 is 4.90 Å². The third-order valence-corrected chi connectivity index (χ3v) is 6.38. The standard InChI is InChI=1S/C29H42N4/c1-22(2)27-14-17-32(18-15-27)16-8-9-25-10-12-26(13-11-25)20-33(21-29(5,6)7)28-19-23(3)30-24(4)31-28/h10-13,19,22,27H,14-18,20-21H2,1-7H3. The highest BCUT2D eigenvalue weighted by atomic mass is 15.2. The van der Waals surface area contributed by atoms with Crippen molar-refractivity contribution < 1.29 is 0 Å². The second-order valence-corrected chi connectivity index (χ2v) is 11.2. The molecule has 0 atom stereocenters. The van der Waals surface area contributed by atoms with Gasteiger partial charge in [0.15, 0.2) is 0 Å². The molecule has 0 spiro atoms. The maximum absolute atomic E-state index is 4.72. The van der Waals surface area contributed by atoms with E-state index >= 15 is 0 Å². The largest absolute Gasteiger partial charge is 0.352 e. The first-order valence-corrected chi connectivity index (χ1v) is 12.5. The number of aromatic nitrogens is 2. The molecule has 1 aliphatic heterocycles. The fraction of sp³-hybridized carbons (Fsp3) is 0.586. The lowest BCUT2D eigenvalue weighted by atomic mass is 9.87. The highest BCUT2D eigenvalue weighted by Gasteiger charge is 2.21. The van der Waals surface area contributed by atoms with Gasteiger partial charge in [0.05, 0.1) is 6.54 Å². The molecule has 0 saturated carbocycles. The monoisotopic (exact) mass is 446 g/mol. The van der Waals surface area contributed by atoms with Gasteiger partial charge >= 0.3 is 0 Å². The van der Waals surface area contributed by atoms with Gasteiger partial charge in [0.2, 0.25) is 0 Å². The molecular formula is C29H42N4. The molecule has 0 unspecified atom stereocenters. The van der Waals surface area contributed by atoms with Crippen LogP contribution in [-0.2, 0) is 6.54 Å². The normalized spacial score (nSPS) is 15.4. The third kappa shape index (κ3) is 8.16. The van der Waals surface area contributed by atoms with E-state index < -0.39 is 0 Å². The van der Waals surface area contributed by atoms with Crippen molar-refractivity contribution >= 4 is 5.82 Å². The summed E-state index contributed by atoms with van der Waals surface area (Å²) < 4.78 is 0. The number of rotatable bonds is 6. The first-order chi connectivity index (χ1) is 15.6. The molecule has 0 bridgehead atoms.